The summed E-state index contributed by atoms with van der Waals surface area (Å²) in [6.45, 7) is 7.54. The van der Waals surface area contributed by atoms with Crippen LogP contribution in [0.15, 0.2) is 10.8 Å². The van der Waals surface area contributed by atoms with Gasteiger partial charge < -0.3 is 14.5 Å². The fraction of sp³-hybridized carbons (Fsp3) is 0.700. The van der Waals surface area contributed by atoms with E-state index in [1.54, 1.807) is 0 Å². The Morgan fingerprint density at radius 2 is 2.43 bits per heavy atom. The van der Waals surface area contributed by atoms with E-state index in [-0.39, 0.29) is 5.60 Å². The number of hydrogen-bond donors (Lipinski definition) is 1. The molecule has 2 unspecified atom stereocenters. The Morgan fingerprint density at radius 1 is 1.64 bits per heavy atom. The molecule has 0 saturated carbocycles. The first-order valence-corrected chi connectivity index (χ1v) is 4.90. The van der Waals surface area contributed by atoms with Crippen molar-refractivity contribution in [1.82, 2.24) is 10.3 Å². The molecule has 1 N–H and O–H groups in total. The van der Waals surface area contributed by atoms with Crippen LogP contribution in [-0.2, 0) is 10.3 Å². The molecule has 0 aromatic carbocycles. The Kier molecular flexibility index (Phi) is 2.33. The molecule has 14 heavy (non-hydrogen) atoms. The van der Waals surface area contributed by atoms with Gasteiger partial charge in [-0.1, -0.05) is 0 Å². The van der Waals surface area contributed by atoms with Crippen molar-refractivity contribution in [3.05, 3.63) is 17.8 Å². The van der Waals surface area contributed by atoms with Gasteiger partial charge in [0.15, 0.2) is 12.2 Å². The van der Waals surface area contributed by atoms with Gasteiger partial charge in [-0.15, -0.1) is 0 Å². The molecule has 0 aliphatic carbocycles. The number of morpholine rings is 1. The van der Waals surface area contributed by atoms with E-state index >= 15 is 0 Å². The van der Waals surface area contributed by atoms with Crippen LogP contribution in [0.4, 0.5) is 0 Å². The lowest BCUT2D eigenvalue weighted by Gasteiger charge is -2.35. The number of aryl methyl sites for hydroxylation is 1. The van der Waals surface area contributed by atoms with Gasteiger partial charge in [0.1, 0.15) is 5.60 Å². The molecule has 1 saturated heterocycles. The summed E-state index contributed by atoms with van der Waals surface area (Å²) in [6.07, 6.45) is 1.47. The van der Waals surface area contributed by atoms with Crippen LogP contribution in [0, 0.1) is 6.92 Å². The van der Waals surface area contributed by atoms with Gasteiger partial charge >= 0.3 is 0 Å². The minimum atomic E-state index is -0.368. The van der Waals surface area contributed by atoms with Crippen molar-refractivity contribution in [2.45, 2.75) is 32.4 Å². The average molecular weight is 196 g/mol. The Balaban J connectivity index is 2.21. The quantitative estimate of drug-likeness (QED) is 0.733. The molecule has 1 aliphatic heterocycles. The smallest absolute Gasteiger partial charge is 0.181 e. The second-order valence-corrected chi connectivity index (χ2v) is 4.09. The third-order valence-electron chi connectivity index (χ3n) is 2.67. The maximum Gasteiger partial charge on any atom is 0.181 e. The summed E-state index contributed by atoms with van der Waals surface area (Å²) in [4.78, 5) is 4.08. The summed E-state index contributed by atoms with van der Waals surface area (Å²) in [7, 11) is 0. The lowest BCUT2D eigenvalue weighted by Crippen LogP contribution is -2.50. The van der Waals surface area contributed by atoms with Gasteiger partial charge in [0.25, 0.3) is 0 Å². The van der Waals surface area contributed by atoms with Crippen LogP contribution in [0.25, 0.3) is 0 Å². The van der Waals surface area contributed by atoms with Crippen molar-refractivity contribution >= 4 is 0 Å². The van der Waals surface area contributed by atoms with E-state index in [1.165, 1.54) is 6.39 Å². The Bertz CT molecular complexity index is 314. The van der Waals surface area contributed by atoms with E-state index in [1.807, 2.05) is 13.8 Å². The van der Waals surface area contributed by atoms with E-state index in [9.17, 15) is 0 Å². The number of nitrogens with zero attached hydrogens (tertiary/aromatic N) is 1. The van der Waals surface area contributed by atoms with Crippen molar-refractivity contribution in [2.75, 3.05) is 13.2 Å². The first-order valence-electron chi connectivity index (χ1n) is 4.90. The normalized spacial score (nSPS) is 33.2. The van der Waals surface area contributed by atoms with E-state index < -0.39 is 0 Å². The van der Waals surface area contributed by atoms with Gasteiger partial charge in [0.05, 0.1) is 12.3 Å². The lowest BCUT2D eigenvalue weighted by atomic mass is 9.99. The zero-order chi connectivity index (χ0) is 10.2. The molecule has 78 valence electrons. The highest BCUT2D eigenvalue weighted by Crippen LogP contribution is 2.29. The molecule has 2 rings (SSSR count). The Morgan fingerprint density at radius 3 is 2.93 bits per heavy atom. The average Bonchev–Trinajstić information content (AvgIpc) is 2.58. The third kappa shape index (κ3) is 1.55. The first-order chi connectivity index (χ1) is 6.62. The molecule has 0 bridgehead atoms. The maximum absolute atomic E-state index is 5.81. The monoisotopic (exact) mass is 196 g/mol. The van der Waals surface area contributed by atoms with Gasteiger partial charge in [-0.2, -0.15) is 0 Å². The largest absolute Gasteiger partial charge is 0.445 e. The second-order valence-electron chi connectivity index (χ2n) is 4.09. The van der Waals surface area contributed by atoms with Crippen LogP contribution in [0.2, 0.25) is 0 Å². The zero-order valence-corrected chi connectivity index (χ0v) is 8.83. The predicted octanol–water partition coefficient (Wildman–Crippen LogP) is 1.21. The van der Waals surface area contributed by atoms with E-state index in [0.717, 1.165) is 18.0 Å². The molecule has 1 fully saturated rings. The van der Waals surface area contributed by atoms with Crippen molar-refractivity contribution in [3.8, 4) is 0 Å². The molecular weight excluding hydrogens is 180 g/mol. The van der Waals surface area contributed by atoms with E-state index in [4.69, 9.17) is 9.15 Å². The summed E-state index contributed by atoms with van der Waals surface area (Å²) in [5.74, 6) is 0.830. The first kappa shape index (κ1) is 9.68. The van der Waals surface area contributed by atoms with Gasteiger partial charge in [-0.3, -0.25) is 0 Å². The molecule has 0 radical (unpaired) electrons. The predicted molar refractivity (Wildman–Crippen MR) is 52.0 cm³/mol. The van der Waals surface area contributed by atoms with Gasteiger partial charge in [0, 0.05) is 12.6 Å². The molecule has 2 atom stereocenters. The van der Waals surface area contributed by atoms with E-state index in [0.29, 0.717) is 12.6 Å². The fourth-order valence-corrected chi connectivity index (χ4v) is 1.74. The highest BCUT2D eigenvalue weighted by atomic mass is 16.5. The van der Waals surface area contributed by atoms with Crippen molar-refractivity contribution in [1.29, 1.82) is 0 Å². The third-order valence-corrected chi connectivity index (χ3v) is 2.67. The van der Waals surface area contributed by atoms with Crippen molar-refractivity contribution in [2.24, 2.45) is 0 Å². The highest BCUT2D eigenvalue weighted by Gasteiger charge is 2.36. The van der Waals surface area contributed by atoms with E-state index in [2.05, 4.69) is 17.2 Å². The minimum Gasteiger partial charge on any atom is -0.445 e. The molecule has 1 aromatic rings. The summed E-state index contributed by atoms with van der Waals surface area (Å²) in [5.41, 5.74) is 0.538. The minimum absolute atomic E-state index is 0.368. The number of rotatable bonds is 1. The molecule has 4 nitrogen and oxygen atoms in total. The van der Waals surface area contributed by atoms with Gasteiger partial charge in [-0.05, 0) is 20.8 Å². The molecule has 4 heteroatoms. The number of aromatic nitrogens is 1. The van der Waals surface area contributed by atoms with Crippen LogP contribution in [0.1, 0.15) is 25.3 Å². The van der Waals surface area contributed by atoms with Crippen LogP contribution >= 0.6 is 0 Å². The molecule has 2 heterocycles. The second kappa shape index (κ2) is 3.37. The van der Waals surface area contributed by atoms with Gasteiger partial charge in [-0.25, -0.2) is 4.98 Å². The van der Waals surface area contributed by atoms with Crippen LogP contribution in [-0.4, -0.2) is 24.2 Å². The number of nitrogens with one attached hydrogen (secondary N) is 1. The summed E-state index contributed by atoms with van der Waals surface area (Å²) in [5, 5.41) is 3.38. The fourth-order valence-electron chi connectivity index (χ4n) is 1.74. The summed E-state index contributed by atoms with van der Waals surface area (Å²) >= 11 is 0. The number of hydrogen-bond acceptors (Lipinski definition) is 4. The van der Waals surface area contributed by atoms with Crippen molar-refractivity contribution < 1.29 is 9.15 Å². The summed E-state index contributed by atoms with van der Waals surface area (Å²) in [6, 6.07) is 0.409. The zero-order valence-electron chi connectivity index (χ0n) is 8.83. The SMILES string of the molecule is Cc1ncoc1C1(C)CNC(C)CO1. The molecule has 0 spiro atoms. The Hall–Kier alpha value is -0.870. The van der Waals surface area contributed by atoms with Crippen LogP contribution in [0.3, 0.4) is 0 Å². The molecule has 1 aromatic heterocycles. The number of ether oxygens (including phenoxy) is 1. The topological polar surface area (TPSA) is 47.3 Å². The van der Waals surface area contributed by atoms with Crippen LogP contribution < -0.4 is 5.32 Å². The van der Waals surface area contributed by atoms with Gasteiger partial charge in [0.2, 0.25) is 0 Å². The lowest BCUT2D eigenvalue weighted by molar-refractivity contribution is -0.0856. The highest BCUT2D eigenvalue weighted by molar-refractivity contribution is 5.15. The Labute approximate surface area is 83.7 Å². The summed E-state index contributed by atoms with van der Waals surface area (Å²) < 4.78 is 11.2. The molecular formula is C10H16N2O2. The standard InChI is InChI=1S/C10H16N2O2/c1-7-4-14-10(3,5-11-7)9-8(2)12-6-13-9/h6-7,11H,4-5H2,1-3H3. The molecule has 1 aliphatic rings. The van der Waals surface area contributed by atoms with Crippen molar-refractivity contribution in [3.63, 3.8) is 0 Å². The molecule has 0 amide bonds. The number of oxazole rings is 1. The van der Waals surface area contributed by atoms with Crippen LogP contribution in [0.5, 0.6) is 0 Å². The maximum atomic E-state index is 5.81.